The number of aryl methyl sites for hydroxylation is 2. The molecule has 6 nitrogen and oxygen atoms in total. The van der Waals surface area contributed by atoms with Gasteiger partial charge in [-0.2, -0.15) is 0 Å². The van der Waals surface area contributed by atoms with Gasteiger partial charge >= 0.3 is 0 Å². The molecule has 0 spiro atoms. The Hall–Kier alpha value is -2.54. The fourth-order valence-electron chi connectivity index (χ4n) is 2.51. The van der Waals surface area contributed by atoms with Gasteiger partial charge in [0.25, 0.3) is 0 Å². The van der Waals surface area contributed by atoms with Crippen LogP contribution in [0.15, 0.2) is 42.5 Å². The number of hydrogen-bond acceptors (Lipinski definition) is 4. The largest absolute Gasteiger partial charge is 0.378 e. The molecule has 1 amide bonds. The summed E-state index contributed by atoms with van der Waals surface area (Å²) in [5.41, 5.74) is 4.03. The van der Waals surface area contributed by atoms with Gasteiger partial charge in [0.1, 0.15) is 6.54 Å². The molecule has 0 aromatic heterocycles. The van der Waals surface area contributed by atoms with Crippen molar-refractivity contribution in [2.45, 2.75) is 13.8 Å². The summed E-state index contributed by atoms with van der Waals surface area (Å²) in [5, 5.41) is 2.80. The van der Waals surface area contributed by atoms with Crippen LogP contribution in [0.25, 0.3) is 0 Å². The van der Waals surface area contributed by atoms with Crippen LogP contribution >= 0.6 is 0 Å². The number of nitrogens with one attached hydrogen (secondary N) is 1. The number of sulfonamides is 1. The van der Waals surface area contributed by atoms with Gasteiger partial charge in [-0.3, -0.25) is 9.10 Å². The third-order valence-corrected chi connectivity index (χ3v) is 5.15. The van der Waals surface area contributed by atoms with Crippen LogP contribution in [-0.4, -0.2) is 41.2 Å². The molecule has 0 bridgehead atoms. The molecule has 7 heteroatoms. The molecule has 1 N–H and O–H groups in total. The van der Waals surface area contributed by atoms with Gasteiger partial charge in [0.2, 0.25) is 15.9 Å². The van der Waals surface area contributed by atoms with Crippen LogP contribution < -0.4 is 14.5 Å². The molecule has 26 heavy (non-hydrogen) atoms. The molecule has 0 unspecified atom stereocenters. The van der Waals surface area contributed by atoms with Crippen LogP contribution in [0.4, 0.5) is 17.1 Å². The maximum Gasteiger partial charge on any atom is 0.245 e. The summed E-state index contributed by atoms with van der Waals surface area (Å²) in [6.45, 7) is 3.54. The fourth-order valence-corrected chi connectivity index (χ4v) is 3.36. The molecule has 140 valence electrons. The lowest BCUT2D eigenvalue weighted by atomic mass is 10.1. The number of nitrogens with zero attached hydrogens (tertiary/aromatic N) is 2. The summed E-state index contributed by atoms with van der Waals surface area (Å²) >= 11 is 0. The average Bonchev–Trinajstić information content (AvgIpc) is 2.55. The highest BCUT2D eigenvalue weighted by Gasteiger charge is 2.21. The van der Waals surface area contributed by atoms with Crippen LogP contribution in [0.2, 0.25) is 0 Å². The summed E-state index contributed by atoms with van der Waals surface area (Å²) in [4.78, 5) is 14.4. The van der Waals surface area contributed by atoms with Crippen molar-refractivity contribution in [2.75, 3.05) is 41.4 Å². The van der Waals surface area contributed by atoms with Gasteiger partial charge in [0, 0.05) is 25.5 Å². The molecule has 2 rings (SSSR count). The van der Waals surface area contributed by atoms with Crippen molar-refractivity contribution in [3.8, 4) is 0 Å². The average molecular weight is 375 g/mol. The van der Waals surface area contributed by atoms with Gasteiger partial charge in [0.05, 0.1) is 11.9 Å². The van der Waals surface area contributed by atoms with Crippen molar-refractivity contribution in [3.63, 3.8) is 0 Å². The first-order valence-corrected chi connectivity index (χ1v) is 10.0. The maximum absolute atomic E-state index is 12.5. The fraction of sp³-hybridized carbons (Fsp3) is 0.316. The van der Waals surface area contributed by atoms with E-state index in [9.17, 15) is 13.2 Å². The Morgan fingerprint density at radius 2 is 1.58 bits per heavy atom. The molecule has 0 heterocycles. The van der Waals surface area contributed by atoms with Crippen LogP contribution in [0.3, 0.4) is 0 Å². The van der Waals surface area contributed by atoms with Gasteiger partial charge < -0.3 is 10.2 Å². The number of benzene rings is 2. The highest BCUT2D eigenvalue weighted by atomic mass is 32.2. The molecule has 0 saturated heterocycles. The monoisotopic (exact) mass is 375 g/mol. The van der Waals surface area contributed by atoms with E-state index >= 15 is 0 Å². The highest BCUT2D eigenvalue weighted by molar-refractivity contribution is 7.92. The Morgan fingerprint density at radius 1 is 1.00 bits per heavy atom. The second-order valence-corrected chi connectivity index (χ2v) is 8.45. The van der Waals surface area contributed by atoms with Crippen LogP contribution in [-0.2, 0) is 14.8 Å². The highest BCUT2D eigenvalue weighted by Crippen LogP contribution is 2.22. The van der Waals surface area contributed by atoms with E-state index in [4.69, 9.17) is 0 Å². The minimum atomic E-state index is -3.60. The molecule has 0 aliphatic rings. The first-order chi connectivity index (χ1) is 12.1. The maximum atomic E-state index is 12.5. The van der Waals surface area contributed by atoms with E-state index in [-0.39, 0.29) is 12.5 Å². The van der Waals surface area contributed by atoms with E-state index in [1.54, 1.807) is 12.1 Å². The number of hydrogen-bond donors (Lipinski definition) is 1. The summed E-state index contributed by atoms with van der Waals surface area (Å²) in [5.74, 6) is -0.388. The molecule has 2 aromatic carbocycles. The molecule has 0 saturated carbocycles. The Labute approximate surface area is 155 Å². The third kappa shape index (κ3) is 4.98. The van der Waals surface area contributed by atoms with Crippen LogP contribution in [0.5, 0.6) is 0 Å². The zero-order chi connectivity index (χ0) is 19.5. The number of anilines is 3. The van der Waals surface area contributed by atoms with Gasteiger partial charge in [-0.1, -0.05) is 12.1 Å². The summed E-state index contributed by atoms with van der Waals surface area (Å²) in [6.07, 6.45) is 1.10. The normalized spacial score (nSPS) is 11.1. The van der Waals surface area contributed by atoms with Crippen molar-refractivity contribution >= 4 is 33.0 Å². The standard InChI is InChI=1S/C19H25N3O3S/c1-14-6-7-15(2)18(12-14)20-19(23)13-22(26(5,24)25)17-10-8-16(9-11-17)21(3)4/h6-12H,13H2,1-5H3,(H,20,23). The van der Waals surface area contributed by atoms with E-state index in [0.29, 0.717) is 11.4 Å². The number of amides is 1. The molecule has 2 aromatic rings. The van der Waals surface area contributed by atoms with E-state index in [2.05, 4.69) is 5.32 Å². The minimum absolute atomic E-state index is 0.284. The summed E-state index contributed by atoms with van der Waals surface area (Å²) in [6, 6.07) is 12.8. The van der Waals surface area contributed by atoms with Gasteiger partial charge in [-0.15, -0.1) is 0 Å². The number of carbonyl (C=O) groups is 1. The predicted molar refractivity (Wildman–Crippen MR) is 108 cm³/mol. The van der Waals surface area contributed by atoms with Gasteiger partial charge in [-0.25, -0.2) is 8.42 Å². The molecular formula is C19H25N3O3S. The summed E-state index contributed by atoms with van der Waals surface area (Å²) < 4.78 is 25.5. The molecule has 0 atom stereocenters. The second-order valence-electron chi connectivity index (χ2n) is 6.55. The first kappa shape index (κ1) is 19.8. The quantitative estimate of drug-likeness (QED) is 0.843. The smallest absolute Gasteiger partial charge is 0.245 e. The zero-order valence-electron chi connectivity index (χ0n) is 15.8. The predicted octanol–water partition coefficient (Wildman–Crippen LogP) is 2.77. The van der Waals surface area contributed by atoms with E-state index in [0.717, 1.165) is 27.4 Å². The molecule has 0 aliphatic carbocycles. The Balaban J connectivity index is 2.23. The van der Waals surface area contributed by atoms with Gasteiger partial charge in [0.15, 0.2) is 0 Å². The number of rotatable bonds is 6. The third-order valence-electron chi connectivity index (χ3n) is 4.01. The van der Waals surface area contributed by atoms with Crippen molar-refractivity contribution < 1.29 is 13.2 Å². The van der Waals surface area contributed by atoms with Gasteiger partial charge in [-0.05, 0) is 55.3 Å². The van der Waals surface area contributed by atoms with Crippen LogP contribution in [0.1, 0.15) is 11.1 Å². The Morgan fingerprint density at radius 3 is 2.12 bits per heavy atom. The van der Waals surface area contributed by atoms with Crippen molar-refractivity contribution in [1.82, 2.24) is 0 Å². The van der Waals surface area contributed by atoms with Crippen molar-refractivity contribution in [3.05, 3.63) is 53.6 Å². The first-order valence-electron chi connectivity index (χ1n) is 8.20. The minimum Gasteiger partial charge on any atom is -0.378 e. The lowest BCUT2D eigenvalue weighted by Crippen LogP contribution is -2.37. The van der Waals surface area contributed by atoms with E-state index in [1.807, 2.05) is 63.2 Å². The topological polar surface area (TPSA) is 69.7 Å². The zero-order valence-corrected chi connectivity index (χ0v) is 16.6. The van der Waals surface area contributed by atoms with Crippen LogP contribution in [0, 0.1) is 13.8 Å². The lowest BCUT2D eigenvalue weighted by molar-refractivity contribution is -0.114. The molecular weight excluding hydrogens is 350 g/mol. The Kier molecular flexibility index (Phi) is 5.92. The lowest BCUT2D eigenvalue weighted by Gasteiger charge is -2.23. The molecule has 0 radical (unpaired) electrons. The Bertz CT molecular complexity index is 891. The van der Waals surface area contributed by atoms with Crippen molar-refractivity contribution in [2.24, 2.45) is 0 Å². The van der Waals surface area contributed by atoms with E-state index < -0.39 is 10.0 Å². The SMILES string of the molecule is Cc1ccc(C)c(NC(=O)CN(c2ccc(N(C)C)cc2)S(C)(=O)=O)c1. The number of carbonyl (C=O) groups excluding carboxylic acids is 1. The second kappa shape index (κ2) is 7.78. The molecule has 0 aliphatic heterocycles. The van der Waals surface area contributed by atoms with Crippen molar-refractivity contribution in [1.29, 1.82) is 0 Å². The summed E-state index contributed by atoms with van der Waals surface area (Å²) in [7, 11) is 0.210. The molecule has 0 fully saturated rings. The van der Waals surface area contributed by atoms with E-state index in [1.165, 1.54) is 0 Å².